The normalized spacial score (nSPS) is 11.4. The van der Waals surface area contributed by atoms with Crippen LogP contribution in [0.25, 0.3) is 0 Å². The van der Waals surface area contributed by atoms with Crippen LogP contribution in [0.3, 0.4) is 0 Å². The second-order valence-corrected chi connectivity index (χ2v) is 4.19. The maximum Gasteiger partial charge on any atom is 0.143 e. The van der Waals surface area contributed by atoms with E-state index in [9.17, 15) is 0 Å². The molecule has 1 rings (SSSR count). The average molecular weight is 279 g/mol. The predicted octanol–water partition coefficient (Wildman–Crippen LogP) is 4.11. The monoisotopic (exact) mass is 278 g/mol. The molecule has 0 spiro atoms. The average Bonchev–Trinajstić information content (AvgIpc) is 2.29. The minimum Gasteiger partial charge on any atom is -0.361 e. The summed E-state index contributed by atoms with van der Waals surface area (Å²) in [6, 6.07) is 8.03. The first-order valence-electron chi connectivity index (χ1n) is 5.18. The minimum absolute atomic E-state index is 0.141. The SMILES string of the molecule is C=CCCOC(C#CC)c1ccc(Br)cc1. The lowest BCUT2D eigenvalue weighted by atomic mass is 10.1. The molecule has 1 atom stereocenters. The van der Waals surface area contributed by atoms with Gasteiger partial charge in [0.1, 0.15) is 6.10 Å². The molecule has 0 aliphatic carbocycles. The highest BCUT2D eigenvalue weighted by Crippen LogP contribution is 2.19. The van der Waals surface area contributed by atoms with Crippen molar-refractivity contribution < 1.29 is 4.74 Å². The Labute approximate surface area is 106 Å². The van der Waals surface area contributed by atoms with E-state index in [2.05, 4.69) is 34.3 Å². The van der Waals surface area contributed by atoms with Crippen LogP contribution in [0.15, 0.2) is 41.4 Å². The van der Waals surface area contributed by atoms with Crippen LogP contribution in [0, 0.1) is 11.8 Å². The van der Waals surface area contributed by atoms with E-state index in [4.69, 9.17) is 4.74 Å². The van der Waals surface area contributed by atoms with Gasteiger partial charge in [0.25, 0.3) is 0 Å². The zero-order chi connectivity index (χ0) is 11.8. The summed E-state index contributed by atoms with van der Waals surface area (Å²) in [5.74, 6) is 5.95. The van der Waals surface area contributed by atoms with Crippen molar-refractivity contribution in [2.75, 3.05) is 6.61 Å². The van der Waals surface area contributed by atoms with Crippen molar-refractivity contribution in [2.45, 2.75) is 19.4 Å². The number of halogens is 1. The van der Waals surface area contributed by atoms with Gasteiger partial charge in [0.2, 0.25) is 0 Å². The van der Waals surface area contributed by atoms with Gasteiger partial charge in [-0.1, -0.05) is 40.1 Å². The third-order valence-electron chi connectivity index (χ3n) is 2.05. The van der Waals surface area contributed by atoms with E-state index in [-0.39, 0.29) is 6.10 Å². The smallest absolute Gasteiger partial charge is 0.143 e. The summed E-state index contributed by atoms with van der Waals surface area (Å²) in [5.41, 5.74) is 1.08. The van der Waals surface area contributed by atoms with Gasteiger partial charge in [0.05, 0.1) is 6.61 Å². The lowest BCUT2D eigenvalue weighted by molar-refractivity contribution is 0.0956. The molecule has 1 nitrogen and oxygen atoms in total. The molecule has 1 aromatic rings. The van der Waals surface area contributed by atoms with E-state index in [0.29, 0.717) is 6.61 Å². The van der Waals surface area contributed by atoms with Crippen molar-refractivity contribution in [2.24, 2.45) is 0 Å². The molecule has 2 heteroatoms. The first-order chi connectivity index (χ1) is 7.77. The number of benzene rings is 1. The van der Waals surface area contributed by atoms with E-state index in [0.717, 1.165) is 16.5 Å². The van der Waals surface area contributed by atoms with Crippen LogP contribution in [-0.2, 0) is 4.74 Å². The van der Waals surface area contributed by atoms with Gasteiger partial charge < -0.3 is 4.74 Å². The Bertz CT molecular complexity index is 383. The summed E-state index contributed by atoms with van der Waals surface area (Å²) in [5, 5.41) is 0. The number of ether oxygens (including phenoxy) is 1. The van der Waals surface area contributed by atoms with Crippen LogP contribution in [0.1, 0.15) is 25.0 Å². The molecule has 0 aromatic heterocycles. The molecule has 0 saturated heterocycles. The fraction of sp³-hybridized carbons (Fsp3) is 0.286. The van der Waals surface area contributed by atoms with Crippen LogP contribution in [0.4, 0.5) is 0 Å². The predicted molar refractivity (Wildman–Crippen MR) is 71.1 cm³/mol. The van der Waals surface area contributed by atoms with Crippen molar-refractivity contribution in [3.63, 3.8) is 0 Å². The Morgan fingerprint density at radius 1 is 1.44 bits per heavy atom. The summed E-state index contributed by atoms with van der Waals surface area (Å²) in [6.45, 7) is 6.14. The quantitative estimate of drug-likeness (QED) is 0.448. The van der Waals surface area contributed by atoms with Gasteiger partial charge in [-0.25, -0.2) is 0 Å². The summed E-state index contributed by atoms with van der Waals surface area (Å²) in [7, 11) is 0. The largest absolute Gasteiger partial charge is 0.361 e. The Kier molecular flexibility index (Phi) is 5.92. The van der Waals surface area contributed by atoms with E-state index in [1.807, 2.05) is 37.3 Å². The number of rotatable bonds is 5. The second kappa shape index (κ2) is 7.27. The molecule has 16 heavy (non-hydrogen) atoms. The molecule has 0 aliphatic heterocycles. The fourth-order valence-corrected chi connectivity index (χ4v) is 1.52. The molecule has 0 aliphatic rings. The number of hydrogen-bond acceptors (Lipinski definition) is 1. The van der Waals surface area contributed by atoms with Crippen molar-refractivity contribution in [1.82, 2.24) is 0 Å². The van der Waals surface area contributed by atoms with Crippen LogP contribution in [-0.4, -0.2) is 6.61 Å². The van der Waals surface area contributed by atoms with Crippen LogP contribution in [0.5, 0.6) is 0 Å². The van der Waals surface area contributed by atoms with Gasteiger partial charge in [-0.15, -0.1) is 12.5 Å². The lowest BCUT2D eigenvalue weighted by Crippen LogP contribution is -2.03. The second-order valence-electron chi connectivity index (χ2n) is 3.27. The Morgan fingerprint density at radius 2 is 2.12 bits per heavy atom. The van der Waals surface area contributed by atoms with E-state index >= 15 is 0 Å². The van der Waals surface area contributed by atoms with Crippen molar-refractivity contribution in [1.29, 1.82) is 0 Å². The van der Waals surface area contributed by atoms with Gasteiger partial charge in [0.15, 0.2) is 0 Å². The highest BCUT2D eigenvalue weighted by Gasteiger charge is 2.07. The zero-order valence-corrected chi connectivity index (χ0v) is 11.0. The minimum atomic E-state index is -0.141. The van der Waals surface area contributed by atoms with Crippen molar-refractivity contribution in [3.05, 3.63) is 47.0 Å². The standard InChI is InChI=1S/C14H15BrO/c1-3-5-11-16-14(6-4-2)12-7-9-13(15)10-8-12/h3,7-10,14H,1,5,11H2,2H3. The molecule has 1 unspecified atom stereocenters. The Balaban J connectivity index is 2.71. The summed E-state index contributed by atoms with van der Waals surface area (Å²) >= 11 is 3.41. The third kappa shape index (κ3) is 4.22. The molecule has 1 aromatic carbocycles. The van der Waals surface area contributed by atoms with Crippen LogP contribution >= 0.6 is 15.9 Å². The molecule has 0 amide bonds. The first kappa shape index (κ1) is 13.0. The fourth-order valence-electron chi connectivity index (χ4n) is 1.26. The zero-order valence-electron chi connectivity index (χ0n) is 9.37. The first-order valence-corrected chi connectivity index (χ1v) is 5.97. The van der Waals surface area contributed by atoms with E-state index in [1.54, 1.807) is 0 Å². The van der Waals surface area contributed by atoms with Gasteiger partial charge in [-0.05, 0) is 31.0 Å². The number of hydrogen-bond donors (Lipinski definition) is 0. The molecule has 84 valence electrons. The Hall–Kier alpha value is -1.04. The van der Waals surface area contributed by atoms with Crippen LogP contribution < -0.4 is 0 Å². The Morgan fingerprint density at radius 3 is 2.69 bits per heavy atom. The molecular formula is C14H15BrO. The molecule has 0 saturated carbocycles. The lowest BCUT2D eigenvalue weighted by Gasteiger charge is -2.12. The molecule has 0 heterocycles. The summed E-state index contributed by atoms with van der Waals surface area (Å²) < 4.78 is 6.75. The maximum atomic E-state index is 5.69. The highest BCUT2D eigenvalue weighted by molar-refractivity contribution is 9.10. The third-order valence-corrected chi connectivity index (χ3v) is 2.58. The van der Waals surface area contributed by atoms with Gasteiger partial charge in [-0.2, -0.15) is 0 Å². The summed E-state index contributed by atoms with van der Waals surface area (Å²) in [6.07, 6.45) is 2.55. The molecular weight excluding hydrogens is 264 g/mol. The van der Waals surface area contributed by atoms with Gasteiger partial charge in [0, 0.05) is 4.47 Å². The molecule has 0 N–H and O–H groups in total. The maximum absolute atomic E-state index is 5.69. The van der Waals surface area contributed by atoms with Gasteiger partial charge in [-0.3, -0.25) is 0 Å². The van der Waals surface area contributed by atoms with E-state index < -0.39 is 0 Å². The summed E-state index contributed by atoms with van der Waals surface area (Å²) in [4.78, 5) is 0. The van der Waals surface area contributed by atoms with Crippen molar-refractivity contribution >= 4 is 15.9 Å². The van der Waals surface area contributed by atoms with Crippen molar-refractivity contribution in [3.8, 4) is 11.8 Å². The van der Waals surface area contributed by atoms with E-state index in [1.165, 1.54) is 0 Å². The topological polar surface area (TPSA) is 9.23 Å². The van der Waals surface area contributed by atoms with Crippen LogP contribution in [0.2, 0.25) is 0 Å². The molecule has 0 radical (unpaired) electrons. The van der Waals surface area contributed by atoms with Gasteiger partial charge >= 0.3 is 0 Å². The molecule has 0 fully saturated rings. The highest BCUT2D eigenvalue weighted by atomic mass is 79.9. The molecule has 0 bridgehead atoms.